The number of aliphatic hydroxyl groups is 1. The molecule has 0 saturated carbocycles. The van der Waals surface area contributed by atoms with E-state index < -0.39 is 0 Å². The number of ether oxygens (including phenoxy) is 1. The van der Waals surface area contributed by atoms with Crippen LogP contribution in [0, 0.1) is 5.41 Å². The average molecular weight is 203 g/mol. The standard InChI is InChI=1S/C11H25NO2/c1-6-14-8-7-12(5)9-10(13)11(2,3)4/h10,13H,6-9H2,1-5H3. The van der Waals surface area contributed by atoms with Gasteiger partial charge in [0.2, 0.25) is 0 Å². The molecule has 3 nitrogen and oxygen atoms in total. The van der Waals surface area contributed by atoms with E-state index >= 15 is 0 Å². The van der Waals surface area contributed by atoms with E-state index in [1.165, 1.54) is 0 Å². The molecule has 1 unspecified atom stereocenters. The second-order valence-electron chi connectivity index (χ2n) is 4.84. The van der Waals surface area contributed by atoms with Gasteiger partial charge in [-0.3, -0.25) is 0 Å². The van der Waals surface area contributed by atoms with Crippen LogP contribution in [0.5, 0.6) is 0 Å². The smallest absolute Gasteiger partial charge is 0.0715 e. The van der Waals surface area contributed by atoms with Crippen LogP contribution in [0.4, 0.5) is 0 Å². The highest BCUT2D eigenvalue weighted by Gasteiger charge is 2.22. The molecule has 0 aromatic carbocycles. The minimum absolute atomic E-state index is 0.0418. The Hall–Kier alpha value is -0.120. The molecule has 0 saturated heterocycles. The van der Waals surface area contributed by atoms with Gasteiger partial charge in [0.15, 0.2) is 0 Å². The highest BCUT2D eigenvalue weighted by molar-refractivity contribution is 4.75. The van der Waals surface area contributed by atoms with Crippen LogP contribution in [0.15, 0.2) is 0 Å². The summed E-state index contributed by atoms with van der Waals surface area (Å²) in [6, 6.07) is 0. The first-order chi connectivity index (χ1) is 6.38. The number of hydrogen-bond donors (Lipinski definition) is 1. The van der Waals surface area contributed by atoms with Gasteiger partial charge in [0.05, 0.1) is 12.7 Å². The Bertz CT molecular complexity index is 143. The third kappa shape index (κ3) is 6.35. The fourth-order valence-electron chi connectivity index (χ4n) is 1.03. The van der Waals surface area contributed by atoms with Crippen LogP contribution in [0.3, 0.4) is 0 Å². The van der Waals surface area contributed by atoms with Gasteiger partial charge >= 0.3 is 0 Å². The third-order valence-electron chi connectivity index (χ3n) is 2.31. The van der Waals surface area contributed by atoms with Crippen LogP contribution >= 0.6 is 0 Å². The summed E-state index contributed by atoms with van der Waals surface area (Å²) in [5, 5.41) is 9.83. The van der Waals surface area contributed by atoms with Crippen LogP contribution in [-0.4, -0.2) is 49.5 Å². The van der Waals surface area contributed by atoms with Crippen LogP contribution in [0.1, 0.15) is 27.7 Å². The van der Waals surface area contributed by atoms with Crippen molar-refractivity contribution in [2.75, 3.05) is 33.4 Å². The molecule has 0 radical (unpaired) electrons. The van der Waals surface area contributed by atoms with E-state index in [4.69, 9.17) is 4.74 Å². The van der Waals surface area contributed by atoms with Gasteiger partial charge in [-0.25, -0.2) is 0 Å². The van der Waals surface area contributed by atoms with Crippen molar-refractivity contribution >= 4 is 0 Å². The van der Waals surface area contributed by atoms with Crippen molar-refractivity contribution in [3.8, 4) is 0 Å². The lowest BCUT2D eigenvalue weighted by atomic mass is 9.89. The van der Waals surface area contributed by atoms with Crippen molar-refractivity contribution in [3.05, 3.63) is 0 Å². The number of likely N-dealkylation sites (N-methyl/N-ethyl adjacent to an activating group) is 1. The summed E-state index contributed by atoms with van der Waals surface area (Å²) in [4.78, 5) is 2.10. The molecule has 0 fully saturated rings. The minimum Gasteiger partial charge on any atom is -0.391 e. The first-order valence-corrected chi connectivity index (χ1v) is 5.32. The number of rotatable bonds is 6. The zero-order chi connectivity index (χ0) is 11.2. The number of nitrogens with zero attached hydrogens (tertiary/aromatic N) is 1. The summed E-state index contributed by atoms with van der Waals surface area (Å²) in [5.41, 5.74) is -0.0418. The predicted molar refractivity (Wildman–Crippen MR) is 59.5 cm³/mol. The SMILES string of the molecule is CCOCCN(C)CC(O)C(C)(C)C. The minimum atomic E-state index is -0.283. The van der Waals surface area contributed by atoms with Gasteiger partial charge in [0, 0.05) is 19.7 Å². The predicted octanol–water partition coefficient (Wildman–Crippen LogP) is 1.36. The molecule has 0 bridgehead atoms. The van der Waals surface area contributed by atoms with Gasteiger partial charge in [-0.15, -0.1) is 0 Å². The first kappa shape index (κ1) is 13.9. The molecule has 1 atom stereocenters. The van der Waals surface area contributed by atoms with Crippen molar-refractivity contribution in [1.82, 2.24) is 4.90 Å². The summed E-state index contributed by atoms with van der Waals surface area (Å²) in [6.07, 6.45) is -0.283. The summed E-state index contributed by atoms with van der Waals surface area (Å²) in [5.74, 6) is 0. The summed E-state index contributed by atoms with van der Waals surface area (Å²) in [6.45, 7) is 11.2. The zero-order valence-corrected chi connectivity index (χ0v) is 10.2. The molecular formula is C11H25NO2. The normalized spacial score (nSPS) is 14.8. The van der Waals surface area contributed by atoms with Gasteiger partial charge in [-0.1, -0.05) is 20.8 Å². The second-order valence-corrected chi connectivity index (χ2v) is 4.84. The summed E-state index contributed by atoms with van der Waals surface area (Å²) >= 11 is 0. The summed E-state index contributed by atoms with van der Waals surface area (Å²) in [7, 11) is 2.01. The lowest BCUT2D eigenvalue weighted by Crippen LogP contribution is -2.38. The molecule has 0 aliphatic heterocycles. The Morgan fingerprint density at radius 1 is 1.36 bits per heavy atom. The molecule has 0 spiro atoms. The van der Waals surface area contributed by atoms with Crippen LogP contribution in [-0.2, 0) is 4.74 Å². The highest BCUT2D eigenvalue weighted by Crippen LogP contribution is 2.19. The molecule has 0 aliphatic carbocycles. The molecule has 0 rings (SSSR count). The maximum Gasteiger partial charge on any atom is 0.0715 e. The van der Waals surface area contributed by atoms with Crippen LogP contribution in [0.25, 0.3) is 0 Å². The lowest BCUT2D eigenvalue weighted by Gasteiger charge is -2.29. The molecule has 0 heterocycles. The van der Waals surface area contributed by atoms with E-state index in [-0.39, 0.29) is 11.5 Å². The van der Waals surface area contributed by atoms with E-state index in [1.54, 1.807) is 0 Å². The molecule has 0 aromatic rings. The fraction of sp³-hybridized carbons (Fsp3) is 1.00. The van der Waals surface area contributed by atoms with E-state index in [0.717, 1.165) is 19.8 Å². The summed E-state index contributed by atoms with van der Waals surface area (Å²) < 4.78 is 5.25. The van der Waals surface area contributed by atoms with Crippen molar-refractivity contribution in [2.45, 2.75) is 33.8 Å². The molecule has 0 amide bonds. The molecule has 86 valence electrons. The Morgan fingerprint density at radius 2 is 1.93 bits per heavy atom. The van der Waals surface area contributed by atoms with Crippen LogP contribution < -0.4 is 0 Å². The van der Waals surface area contributed by atoms with E-state index in [1.807, 2.05) is 34.7 Å². The van der Waals surface area contributed by atoms with Crippen molar-refractivity contribution < 1.29 is 9.84 Å². The Morgan fingerprint density at radius 3 is 2.36 bits per heavy atom. The number of hydrogen-bond acceptors (Lipinski definition) is 3. The zero-order valence-electron chi connectivity index (χ0n) is 10.2. The van der Waals surface area contributed by atoms with Gasteiger partial charge in [0.1, 0.15) is 0 Å². The Kier molecular flexibility index (Phi) is 6.33. The number of aliphatic hydroxyl groups excluding tert-OH is 1. The lowest BCUT2D eigenvalue weighted by molar-refractivity contribution is 0.0267. The Labute approximate surface area is 88.1 Å². The van der Waals surface area contributed by atoms with Gasteiger partial charge in [-0.2, -0.15) is 0 Å². The van der Waals surface area contributed by atoms with Gasteiger partial charge in [0.25, 0.3) is 0 Å². The van der Waals surface area contributed by atoms with Crippen molar-refractivity contribution in [1.29, 1.82) is 0 Å². The molecule has 0 aliphatic rings. The highest BCUT2D eigenvalue weighted by atomic mass is 16.5. The molecule has 1 N–H and O–H groups in total. The molecule has 3 heteroatoms. The molecule has 14 heavy (non-hydrogen) atoms. The van der Waals surface area contributed by atoms with Crippen LogP contribution in [0.2, 0.25) is 0 Å². The largest absolute Gasteiger partial charge is 0.391 e. The maximum absolute atomic E-state index is 9.83. The topological polar surface area (TPSA) is 32.7 Å². The van der Waals surface area contributed by atoms with E-state index in [9.17, 15) is 5.11 Å². The van der Waals surface area contributed by atoms with E-state index in [2.05, 4.69) is 4.90 Å². The first-order valence-electron chi connectivity index (χ1n) is 5.32. The van der Waals surface area contributed by atoms with Gasteiger partial charge in [-0.05, 0) is 19.4 Å². The second kappa shape index (κ2) is 6.38. The molecule has 0 aromatic heterocycles. The molecular weight excluding hydrogens is 178 g/mol. The Balaban J connectivity index is 3.66. The average Bonchev–Trinajstić information content (AvgIpc) is 2.03. The maximum atomic E-state index is 9.83. The van der Waals surface area contributed by atoms with Crippen molar-refractivity contribution in [2.24, 2.45) is 5.41 Å². The third-order valence-corrected chi connectivity index (χ3v) is 2.31. The monoisotopic (exact) mass is 203 g/mol. The van der Waals surface area contributed by atoms with E-state index in [0.29, 0.717) is 6.54 Å². The quantitative estimate of drug-likeness (QED) is 0.662. The van der Waals surface area contributed by atoms with Gasteiger partial charge < -0.3 is 14.7 Å². The van der Waals surface area contributed by atoms with Crippen molar-refractivity contribution in [3.63, 3.8) is 0 Å². The fourth-order valence-corrected chi connectivity index (χ4v) is 1.03.